The quantitative estimate of drug-likeness (QED) is 0.802. The first-order valence-corrected chi connectivity index (χ1v) is 7.88. The molecule has 4 heteroatoms. The molecule has 0 amide bonds. The maximum Gasteiger partial charge on any atom is 0.125 e. The molecule has 1 atom stereocenters. The normalized spacial score (nSPS) is 17.6. The van der Waals surface area contributed by atoms with Crippen molar-refractivity contribution in [3.8, 4) is 5.75 Å². The monoisotopic (exact) mass is 349 g/mol. The molecule has 0 fully saturated rings. The predicted molar refractivity (Wildman–Crippen MR) is 86.4 cm³/mol. The van der Waals surface area contributed by atoms with Crippen LogP contribution in [0.25, 0.3) is 0 Å². The van der Waals surface area contributed by atoms with E-state index in [-0.39, 0.29) is 11.9 Å². The third-order valence-electron chi connectivity index (χ3n) is 3.78. The summed E-state index contributed by atoms with van der Waals surface area (Å²) < 4.78 is 20.3. The second-order valence-electron chi connectivity index (χ2n) is 5.33. The zero-order chi connectivity index (χ0) is 14.8. The molecule has 2 nitrogen and oxygen atoms in total. The van der Waals surface area contributed by atoms with Crippen LogP contribution in [-0.4, -0.2) is 6.61 Å². The van der Waals surface area contributed by atoms with Crippen molar-refractivity contribution in [2.45, 2.75) is 25.8 Å². The van der Waals surface area contributed by atoms with E-state index in [4.69, 9.17) is 4.74 Å². The molecular formula is C17H17BrFNO. The summed E-state index contributed by atoms with van der Waals surface area (Å²) in [6.07, 6.45) is 1.93. The van der Waals surface area contributed by atoms with E-state index in [1.165, 1.54) is 6.07 Å². The lowest BCUT2D eigenvalue weighted by molar-refractivity contribution is 0.316. The molecule has 1 unspecified atom stereocenters. The van der Waals surface area contributed by atoms with Crippen molar-refractivity contribution in [2.24, 2.45) is 0 Å². The zero-order valence-corrected chi connectivity index (χ0v) is 13.4. The smallest absolute Gasteiger partial charge is 0.125 e. The lowest BCUT2D eigenvalue weighted by Gasteiger charge is -2.21. The predicted octanol–water partition coefficient (Wildman–Crippen LogP) is 5.22. The molecule has 1 aliphatic rings. The van der Waals surface area contributed by atoms with Gasteiger partial charge >= 0.3 is 0 Å². The SMILES string of the molecule is Cc1ccc(F)cc1NC1CCCOc2cc(Br)ccc21. The van der Waals surface area contributed by atoms with E-state index >= 15 is 0 Å². The minimum Gasteiger partial charge on any atom is -0.493 e. The van der Waals surface area contributed by atoms with Gasteiger partial charge in [-0.15, -0.1) is 0 Å². The van der Waals surface area contributed by atoms with E-state index < -0.39 is 0 Å². The van der Waals surface area contributed by atoms with Crippen LogP contribution in [0.5, 0.6) is 5.75 Å². The van der Waals surface area contributed by atoms with Gasteiger partial charge in [0.1, 0.15) is 11.6 Å². The third kappa shape index (κ3) is 3.21. The molecule has 110 valence electrons. The van der Waals surface area contributed by atoms with Crippen molar-refractivity contribution in [1.82, 2.24) is 0 Å². The summed E-state index contributed by atoms with van der Waals surface area (Å²) in [5.74, 6) is 0.678. The van der Waals surface area contributed by atoms with Crippen LogP contribution >= 0.6 is 15.9 Å². The Kier molecular flexibility index (Phi) is 4.15. The Morgan fingerprint density at radius 2 is 2.10 bits per heavy atom. The van der Waals surface area contributed by atoms with E-state index in [9.17, 15) is 4.39 Å². The molecule has 1 aliphatic heterocycles. The van der Waals surface area contributed by atoms with Crippen molar-refractivity contribution < 1.29 is 9.13 Å². The standard InChI is InChI=1S/C17H17BrFNO/c1-11-4-6-13(19)10-16(11)20-15-3-2-8-21-17-9-12(18)5-7-14(15)17/h4-7,9-10,15,20H,2-3,8H2,1H3. The number of halogens is 2. The number of nitrogens with one attached hydrogen (secondary N) is 1. The highest BCUT2D eigenvalue weighted by Gasteiger charge is 2.20. The second kappa shape index (κ2) is 6.06. The fourth-order valence-corrected chi connectivity index (χ4v) is 2.97. The lowest BCUT2D eigenvalue weighted by atomic mass is 10.0. The van der Waals surface area contributed by atoms with E-state index in [0.29, 0.717) is 6.61 Å². The average Bonchev–Trinajstić information content (AvgIpc) is 2.65. The van der Waals surface area contributed by atoms with Gasteiger partial charge in [-0.3, -0.25) is 0 Å². The molecule has 0 aliphatic carbocycles. The van der Waals surface area contributed by atoms with Gasteiger partial charge in [0.2, 0.25) is 0 Å². The van der Waals surface area contributed by atoms with Gasteiger partial charge in [-0.25, -0.2) is 4.39 Å². The Balaban J connectivity index is 1.94. The number of rotatable bonds is 2. The number of anilines is 1. The molecule has 2 aromatic carbocycles. The average molecular weight is 350 g/mol. The summed E-state index contributed by atoms with van der Waals surface area (Å²) in [5, 5.41) is 3.47. The number of hydrogen-bond donors (Lipinski definition) is 1. The van der Waals surface area contributed by atoms with E-state index in [1.54, 1.807) is 12.1 Å². The fraction of sp³-hybridized carbons (Fsp3) is 0.294. The van der Waals surface area contributed by atoms with Gasteiger partial charge in [0.25, 0.3) is 0 Å². The maximum atomic E-state index is 13.5. The number of aryl methyl sites for hydroxylation is 1. The van der Waals surface area contributed by atoms with Crippen LogP contribution < -0.4 is 10.1 Å². The summed E-state index contributed by atoms with van der Waals surface area (Å²) in [5.41, 5.74) is 3.01. The summed E-state index contributed by atoms with van der Waals surface area (Å²) in [7, 11) is 0. The summed E-state index contributed by atoms with van der Waals surface area (Å²) in [6, 6.07) is 11.1. The molecule has 1 heterocycles. The summed E-state index contributed by atoms with van der Waals surface area (Å²) in [4.78, 5) is 0. The molecule has 21 heavy (non-hydrogen) atoms. The second-order valence-corrected chi connectivity index (χ2v) is 6.24. The van der Waals surface area contributed by atoms with E-state index in [0.717, 1.165) is 39.9 Å². The Hall–Kier alpha value is -1.55. The Morgan fingerprint density at radius 3 is 2.95 bits per heavy atom. The maximum absolute atomic E-state index is 13.5. The van der Waals surface area contributed by atoms with Gasteiger partial charge in [0, 0.05) is 15.7 Å². The molecule has 0 aromatic heterocycles. The Morgan fingerprint density at radius 1 is 1.24 bits per heavy atom. The van der Waals surface area contributed by atoms with Crippen molar-refractivity contribution in [2.75, 3.05) is 11.9 Å². The molecule has 0 saturated heterocycles. The molecule has 0 radical (unpaired) electrons. The van der Waals surface area contributed by atoms with E-state index in [2.05, 4.69) is 27.3 Å². The summed E-state index contributed by atoms with van der Waals surface area (Å²) >= 11 is 3.47. The van der Waals surface area contributed by atoms with Gasteiger partial charge in [-0.1, -0.05) is 28.1 Å². The van der Waals surface area contributed by atoms with Crippen LogP contribution in [0.1, 0.15) is 30.0 Å². The van der Waals surface area contributed by atoms with Gasteiger partial charge in [0.05, 0.1) is 12.6 Å². The third-order valence-corrected chi connectivity index (χ3v) is 4.27. The van der Waals surface area contributed by atoms with Gasteiger partial charge in [-0.2, -0.15) is 0 Å². The van der Waals surface area contributed by atoms with Gasteiger partial charge in [0.15, 0.2) is 0 Å². The highest BCUT2D eigenvalue weighted by atomic mass is 79.9. The fourth-order valence-electron chi connectivity index (χ4n) is 2.63. The van der Waals surface area contributed by atoms with Crippen LogP contribution in [0.15, 0.2) is 40.9 Å². The van der Waals surface area contributed by atoms with Gasteiger partial charge in [-0.05, 0) is 49.6 Å². The highest BCUT2D eigenvalue weighted by molar-refractivity contribution is 9.10. The molecule has 1 N–H and O–H groups in total. The molecule has 0 bridgehead atoms. The Bertz CT molecular complexity index is 659. The number of benzene rings is 2. The van der Waals surface area contributed by atoms with Crippen molar-refractivity contribution >= 4 is 21.6 Å². The summed E-state index contributed by atoms with van der Waals surface area (Å²) in [6.45, 7) is 2.70. The van der Waals surface area contributed by atoms with Crippen molar-refractivity contribution in [1.29, 1.82) is 0 Å². The van der Waals surface area contributed by atoms with Gasteiger partial charge < -0.3 is 10.1 Å². The number of fused-ring (bicyclic) bond motifs is 1. The highest BCUT2D eigenvalue weighted by Crippen LogP contribution is 2.36. The van der Waals surface area contributed by atoms with Crippen LogP contribution in [0.2, 0.25) is 0 Å². The molecule has 3 rings (SSSR count). The van der Waals surface area contributed by atoms with E-state index in [1.807, 2.05) is 19.1 Å². The Labute approximate surface area is 132 Å². The molecule has 0 spiro atoms. The van der Waals surface area contributed by atoms with Crippen molar-refractivity contribution in [3.05, 3.63) is 57.8 Å². The topological polar surface area (TPSA) is 21.3 Å². The van der Waals surface area contributed by atoms with Crippen LogP contribution in [-0.2, 0) is 0 Å². The largest absolute Gasteiger partial charge is 0.493 e. The minimum absolute atomic E-state index is 0.135. The minimum atomic E-state index is -0.219. The number of hydrogen-bond acceptors (Lipinski definition) is 2. The first kappa shape index (κ1) is 14.4. The van der Waals surface area contributed by atoms with Crippen LogP contribution in [0.3, 0.4) is 0 Å². The molecule has 2 aromatic rings. The molecular weight excluding hydrogens is 333 g/mol. The first-order valence-electron chi connectivity index (χ1n) is 7.08. The van der Waals surface area contributed by atoms with Crippen LogP contribution in [0, 0.1) is 12.7 Å². The molecule has 0 saturated carbocycles. The first-order chi connectivity index (χ1) is 10.1. The zero-order valence-electron chi connectivity index (χ0n) is 11.8. The number of ether oxygens (including phenoxy) is 1. The van der Waals surface area contributed by atoms with Crippen LogP contribution in [0.4, 0.5) is 10.1 Å². The lowest BCUT2D eigenvalue weighted by Crippen LogP contribution is -2.11. The van der Waals surface area contributed by atoms with Crippen molar-refractivity contribution in [3.63, 3.8) is 0 Å².